The molecule has 0 amide bonds. The lowest BCUT2D eigenvalue weighted by Gasteiger charge is -2.00. The second-order valence-electron chi connectivity index (χ2n) is 2.70. The highest BCUT2D eigenvalue weighted by molar-refractivity contribution is 5.97. The zero-order valence-corrected chi connectivity index (χ0v) is 6.45. The zero-order chi connectivity index (χ0) is 8.55. The molecule has 2 heteroatoms. The summed E-state index contributed by atoms with van der Waals surface area (Å²) in [4.78, 5) is 0. The van der Waals surface area contributed by atoms with Gasteiger partial charge in [0.05, 0.1) is 5.39 Å². The van der Waals surface area contributed by atoms with Crippen LogP contribution in [0.4, 0.5) is 5.69 Å². The predicted octanol–water partition coefficient (Wildman–Crippen LogP) is 2.57. The average Bonchev–Trinajstić information content (AvgIpc) is 2.04. The van der Waals surface area contributed by atoms with Crippen LogP contribution in [0.2, 0.25) is 0 Å². The molecule has 0 spiro atoms. The van der Waals surface area contributed by atoms with Crippen molar-refractivity contribution in [1.29, 1.82) is 0 Å². The Bertz CT molecular complexity index is 386. The first-order valence-electron chi connectivity index (χ1n) is 3.73. The number of hydrogen-bond donors (Lipinski definition) is 1. The summed E-state index contributed by atoms with van der Waals surface area (Å²) >= 11 is 0. The molecule has 2 rings (SSSR count). The summed E-state index contributed by atoms with van der Waals surface area (Å²) in [6.07, 6.45) is 0. The summed E-state index contributed by atoms with van der Waals surface area (Å²) in [5.41, 5.74) is 6.21. The van der Waals surface area contributed by atoms with E-state index in [-0.39, 0.29) is 5.75 Å². The molecule has 59 valence electrons. The van der Waals surface area contributed by atoms with Gasteiger partial charge in [-0.2, -0.15) is 0 Å². The lowest BCUT2D eigenvalue weighted by Crippen LogP contribution is -1.85. The van der Waals surface area contributed by atoms with Gasteiger partial charge < -0.3 is 5.73 Å². The summed E-state index contributed by atoms with van der Waals surface area (Å²) in [5, 5.41) is 12.8. The highest BCUT2D eigenvalue weighted by Crippen LogP contribution is 2.29. The first-order valence-corrected chi connectivity index (χ1v) is 3.73. The van der Waals surface area contributed by atoms with E-state index in [0.717, 1.165) is 5.39 Å². The van der Waals surface area contributed by atoms with Crippen molar-refractivity contribution >= 4 is 16.5 Å². The standard InChI is InChI=1S/C10H8NO/c11-8-5-1-3-7-4-2-6-9(12)10(7)8/h1-6H,11H2. The average molecular weight is 158 g/mol. The molecule has 0 aliphatic carbocycles. The van der Waals surface area contributed by atoms with Gasteiger partial charge in [0.1, 0.15) is 0 Å². The van der Waals surface area contributed by atoms with Gasteiger partial charge in [-0.05, 0) is 17.5 Å². The Morgan fingerprint density at radius 1 is 1.00 bits per heavy atom. The molecule has 0 aromatic heterocycles. The molecule has 2 aromatic carbocycles. The number of benzene rings is 2. The summed E-state index contributed by atoms with van der Waals surface area (Å²) in [5.74, 6) is -0.00870. The van der Waals surface area contributed by atoms with Crippen LogP contribution in [-0.4, -0.2) is 0 Å². The molecule has 1 radical (unpaired) electrons. The minimum Gasteiger partial charge on any atom is -0.398 e. The van der Waals surface area contributed by atoms with E-state index < -0.39 is 0 Å². The summed E-state index contributed by atoms with van der Waals surface area (Å²) in [7, 11) is 0. The van der Waals surface area contributed by atoms with Crippen LogP contribution in [0.15, 0.2) is 36.4 Å². The topological polar surface area (TPSA) is 45.9 Å². The van der Waals surface area contributed by atoms with Crippen molar-refractivity contribution < 1.29 is 5.11 Å². The van der Waals surface area contributed by atoms with Crippen molar-refractivity contribution in [2.75, 3.05) is 5.73 Å². The van der Waals surface area contributed by atoms with E-state index in [2.05, 4.69) is 0 Å². The van der Waals surface area contributed by atoms with Gasteiger partial charge in [-0.1, -0.05) is 24.3 Å². The van der Waals surface area contributed by atoms with Gasteiger partial charge in [-0.15, -0.1) is 0 Å². The van der Waals surface area contributed by atoms with E-state index in [0.29, 0.717) is 11.1 Å². The molecule has 0 aliphatic heterocycles. The molecule has 12 heavy (non-hydrogen) atoms. The van der Waals surface area contributed by atoms with E-state index in [1.54, 1.807) is 12.1 Å². The number of nitrogens with two attached hydrogens (primary N) is 1. The van der Waals surface area contributed by atoms with Crippen LogP contribution >= 0.6 is 0 Å². The minimum absolute atomic E-state index is 0.00870. The molecule has 0 saturated heterocycles. The van der Waals surface area contributed by atoms with Crippen molar-refractivity contribution in [2.45, 2.75) is 0 Å². The van der Waals surface area contributed by atoms with Crippen LogP contribution in [0.3, 0.4) is 0 Å². The van der Waals surface area contributed by atoms with E-state index in [1.807, 2.05) is 18.2 Å². The first-order chi connectivity index (χ1) is 5.79. The highest BCUT2D eigenvalue weighted by atomic mass is 16.3. The van der Waals surface area contributed by atoms with Crippen molar-refractivity contribution in [3.63, 3.8) is 0 Å². The largest absolute Gasteiger partial charge is 0.398 e. The Hall–Kier alpha value is -1.70. The Labute approximate surface area is 70.2 Å². The van der Waals surface area contributed by atoms with E-state index in [4.69, 9.17) is 5.73 Å². The number of anilines is 1. The maximum absolute atomic E-state index is 11.3. The quantitative estimate of drug-likeness (QED) is 0.588. The lowest BCUT2D eigenvalue weighted by molar-refractivity contribution is 0.360. The first kappa shape index (κ1) is 6.98. The molecule has 0 aliphatic rings. The molecule has 2 N–H and O–H groups in total. The normalized spacial score (nSPS) is 10.3. The van der Waals surface area contributed by atoms with Crippen LogP contribution in [0, 0.1) is 0 Å². The molecular weight excluding hydrogens is 150 g/mol. The zero-order valence-electron chi connectivity index (χ0n) is 6.45. The van der Waals surface area contributed by atoms with Crippen LogP contribution in [0.25, 0.3) is 10.8 Å². The Balaban J connectivity index is 2.96. The number of hydrogen-bond acceptors (Lipinski definition) is 1. The van der Waals surface area contributed by atoms with Crippen LogP contribution in [0.5, 0.6) is 5.75 Å². The maximum atomic E-state index is 11.3. The monoisotopic (exact) mass is 158 g/mol. The predicted molar refractivity (Wildman–Crippen MR) is 48.5 cm³/mol. The second-order valence-corrected chi connectivity index (χ2v) is 2.70. The molecule has 0 fully saturated rings. The van der Waals surface area contributed by atoms with Gasteiger partial charge in [0.2, 0.25) is 0 Å². The number of fused-ring (bicyclic) bond motifs is 1. The molecular formula is C10H8NO. The molecule has 0 heterocycles. The molecule has 0 saturated carbocycles. The van der Waals surface area contributed by atoms with Gasteiger partial charge in [0.25, 0.3) is 0 Å². The molecule has 0 unspecified atom stereocenters. The fourth-order valence-electron chi connectivity index (χ4n) is 1.33. The summed E-state index contributed by atoms with van der Waals surface area (Å²) < 4.78 is 0. The van der Waals surface area contributed by atoms with Crippen molar-refractivity contribution in [3.05, 3.63) is 36.4 Å². The third-order valence-electron chi connectivity index (χ3n) is 1.90. The van der Waals surface area contributed by atoms with Gasteiger partial charge in [-0.3, -0.25) is 5.11 Å². The second kappa shape index (κ2) is 2.41. The smallest absolute Gasteiger partial charge is 0.188 e. The Morgan fingerprint density at radius 2 is 1.67 bits per heavy atom. The van der Waals surface area contributed by atoms with E-state index >= 15 is 0 Å². The third-order valence-corrected chi connectivity index (χ3v) is 1.90. The van der Waals surface area contributed by atoms with Crippen molar-refractivity contribution in [2.24, 2.45) is 0 Å². The minimum atomic E-state index is -0.00870. The Morgan fingerprint density at radius 3 is 2.33 bits per heavy atom. The number of nitrogen functional groups attached to an aromatic ring is 1. The van der Waals surface area contributed by atoms with Crippen LogP contribution in [-0.2, 0) is 5.11 Å². The number of rotatable bonds is 0. The van der Waals surface area contributed by atoms with Gasteiger partial charge >= 0.3 is 0 Å². The fraction of sp³-hybridized carbons (Fsp3) is 0. The molecule has 2 aromatic rings. The molecule has 0 atom stereocenters. The van der Waals surface area contributed by atoms with Crippen LogP contribution < -0.4 is 5.73 Å². The molecule has 2 nitrogen and oxygen atoms in total. The molecule has 0 bridgehead atoms. The summed E-state index contributed by atoms with van der Waals surface area (Å²) in [6.45, 7) is 0. The van der Waals surface area contributed by atoms with Crippen molar-refractivity contribution in [1.82, 2.24) is 0 Å². The Kier molecular flexibility index (Phi) is 1.40. The highest BCUT2D eigenvalue weighted by Gasteiger charge is 2.02. The lowest BCUT2D eigenvalue weighted by atomic mass is 10.1. The van der Waals surface area contributed by atoms with E-state index in [1.165, 1.54) is 6.07 Å². The van der Waals surface area contributed by atoms with Crippen LogP contribution in [0.1, 0.15) is 0 Å². The van der Waals surface area contributed by atoms with Crippen molar-refractivity contribution in [3.8, 4) is 5.75 Å². The SMILES string of the molecule is Nc1cccc2cccc([O])c12. The summed E-state index contributed by atoms with van der Waals surface area (Å²) in [6, 6.07) is 10.6. The fourth-order valence-corrected chi connectivity index (χ4v) is 1.33. The van der Waals surface area contributed by atoms with Gasteiger partial charge in [0, 0.05) is 5.69 Å². The van der Waals surface area contributed by atoms with Gasteiger partial charge in [-0.25, -0.2) is 0 Å². The third kappa shape index (κ3) is 0.889. The maximum Gasteiger partial charge on any atom is 0.188 e. The van der Waals surface area contributed by atoms with Gasteiger partial charge in [0.15, 0.2) is 5.75 Å². The van der Waals surface area contributed by atoms with E-state index in [9.17, 15) is 5.11 Å².